The summed E-state index contributed by atoms with van der Waals surface area (Å²) < 4.78 is 0. The molecule has 0 aliphatic heterocycles. The Hall–Kier alpha value is -0.860. The van der Waals surface area contributed by atoms with Gasteiger partial charge in [-0.25, -0.2) is 0 Å². The van der Waals surface area contributed by atoms with Gasteiger partial charge in [0.05, 0.1) is 0 Å². The standard InChI is InChI=1S/C9H14O3/c10-8(7-3-1-4-7)5-2-6-9(11)12/h7H,1-6H2,(H,11,12). The molecule has 0 unspecified atom stereocenters. The van der Waals surface area contributed by atoms with Crippen LogP contribution in [0, 0.1) is 5.92 Å². The summed E-state index contributed by atoms with van der Waals surface area (Å²) >= 11 is 0. The fourth-order valence-corrected chi connectivity index (χ4v) is 1.35. The molecule has 12 heavy (non-hydrogen) atoms. The predicted octanol–water partition coefficient (Wildman–Crippen LogP) is 1.61. The Morgan fingerprint density at radius 1 is 1.25 bits per heavy atom. The van der Waals surface area contributed by atoms with Crippen LogP contribution < -0.4 is 0 Å². The maximum absolute atomic E-state index is 11.2. The van der Waals surface area contributed by atoms with Gasteiger partial charge in [0.25, 0.3) is 0 Å². The number of carboxylic acids is 1. The van der Waals surface area contributed by atoms with Crippen molar-refractivity contribution in [1.82, 2.24) is 0 Å². The third kappa shape index (κ3) is 2.64. The second-order valence-electron chi connectivity index (χ2n) is 3.34. The van der Waals surface area contributed by atoms with Gasteiger partial charge in [-0.15, -0.1) is 0 Å². The molecule has 0 spiro atoms. The molecule has 0 saturated heterocycles. The van der Waals surface area contributed by atoms with Gasteiger partial charge in [0, 0.05) is 18.8 Å². The van der Waals surface area contributed by atoms with E-state index in [2.05, 4.69) is 0 Å². The number of hydrogen-bond donors (Lipinski definition) is 1. The highest BCUT2D eigenvalue weighted by atomic mass is 16.4. The van der Waals surface area contributed by atoms with Crippen molar-refractivity contribution in [3.63, 3.8) is 0 Å². The molecule has 1 aliphatic rings. The third-order valence-corrected chi connectivity index (χ3v) is 2.37. The molecule has 0 amide bonds. The number of ketones is 1. The molecule has 0 aromatic carbocycles. The van der Waals surface area contributed by atoms with Crippen LogP contribution in [-0.4, -0.2) is 16.9 Å². The van der Waals surface area contributed by atoms with Crippen LogP contribution in [0.15, 0.2) is 0 Å². The van der Waals surface area contributed by atoms with E-state index in [-0.39, 0.29) is 18.1 Å². The fourth-order valence-electron chi connectivity index (χ4n) is 1.35. The van der Waals surface area contributed by atoms with Crippen molar-refractivity contribution in [3.05, 3.63) is 0 Å². The Kier molecular flexibility index (Phi) is 3.26. The highest BCUT2D eigenvalue weighted by Gasteiger charge is 2.24. The first-order valence-electron chi connectivity index (χ1n) is 4.44. The van der Waals surface area contributed by atoms with Crippen LogP contribution in [0.4, 0.5) is 0 Å². The topological polar surface area (TPSA) is 54.4 Å². The highest BCUT2D eigenvalue weighted by Crippen LogP contribution is 2.28. The minimum Gasteiger partial charge on any atom is -0.481 e. The molecule has 1 saturated carbocycles. The third-order valence-electron chi connectivity index (χ3n) is 2.37. The van der Waals surface area contributed by atoms with Crippen molar-refractivity contribution in [2.75, 3.05) is 0 Å². The van der Waals surface area contributed by atoms with E-state index in [1.54, 1.807) is 0 Å². The summed E-state index contributed by atoms with van der Waals surface area (Å²) in [7, 11) is 0. The first-order chi connectivity index (χ1) is 5.70. The van der Waals surface area contributed by atoms with Gasteiger partial charge in [-0.05, 0) is 19.3 Å². The number of rotatable bonds is 5. The molecule has 0 bridgehead atoms. The highest BCUT2D eigenvalue weighted by molar-refractivity contribution is 5.82. The molecular formula is C9H14O3. The lowest BCUT2D eigenvalue weighted by Gasteiger charge is -2.23. The first-order valence-corrected chi connectivity index (χ1v) is 4.44. The number of Topliss-reactive ketones (excluding diaryl/α,β-unsaturated/α-hetero) is 1. The van der Waals surface area contributed by atoms with Crippen LogP contribution in [0.2, 0.25) is 0 Å². The zero-order chi connectivity index (χ0) is 8.97. The number of hydrogen-bond acceptors (Lipinski definition) is 2. The summed E-state index contributed by atoms with van der Waals surface area (Å²) in [6, 6.07) is 0. The summed E-state index contributed by atoms with van der Waals surface area (Å²) in [6.45, 7) is 0. The van der Waals surface area contributed by atoms with Gasteiger partial charge in [0.2, 0.25) is 0 Å². The van der Waals surface area contributed by atoms with E-state index in [0.29, 0.717) is 12.8 Å². The van der Waals surface area contributed by atoms with Gasteiger partial charge in [0.15, 0.2) is 0 Å². The van der Waals surface area contributed by atoms with Gasteiger partial charge in [0.1, 0.15) is 5.78 Å². The van der Waals surface area contributed by atoms with Crippen LogP contribution >= 0.6 is 0 Å². The molecule has 0 radical (unpaired) electrons. The van der Waals surface area contributed by atoms with Gasteiger partial charge >= 0.3 is 5.97 Å². The molecular weight excluding hydrogens is 156 g/mol. The van der Waals surface area contributed by atoms with Crippen molar-refractivity contribution >= 4 is 11.8 Å². The van der Waals surface area contributed by atoms with Crippen LogP contribution in [-0.2, 0) is 9.59 Å². The second kappa shape index (κ2) is 4.24. The van der Waals surface area contributed by atoms with E-state index in [4.69, 9.17) is 5.11 Å². The molecule has 1 rings (SSSR count). The number of aliphatic carboxylic acids is 1. The molecule has 0 atom stereocenters. The lowest BCUT2D eigenvalue weighted by molar-refractivity contribution is -0.137. The first kappa shape index (κ1) is 9.23. The number of carbonyl (C=O) groups is 2. The average Bonchev–Trinajstić information content (AvgIpc) is 1.81. The Balaban J connectivity index is 2.05. The molecule has 0 aromatic rings. The van der Waals surface area contributed by atoms with Crippen molar-refractivity contribution in [3.8, 4) is 0 Å². The average molecular weight is 170 g/mol. The SMILES string of the molecule is O=C(O)CCCC(=O)C1CCC1. The molecule has 0 heterocycles. The van der Waals surface area contributed by atoms with Gasteiger partial charge in [-0.1, -0.05) is 6.42 Å². The molecule has 1 aliphatic carbocycles. The number of carbonyl (C=O) groups excluding carboxylic acids is 1. The lowest BCUT2D eigenvalue weighted by atomic mass is 9.81. The second-order valence-corrected chi connectivity index (χ2v) is 3.34. The summed E-state index contributed by atoms with van der Waals surface area (Å²) in [6.07, 6.45) is 4.28. The van der Waals surface area contributed by atoms with Crippen molar-refractivity contribution in [2.45, 2.75) is 38.5 Å². The van der Waals surface area contributed by atoms with E-state index >= 15 is 0 Å². The summed E-state index contributed by atoms with van der Waals surface area (Å²) in [5.41, 5.74) is 0. The van der Waals surface area contributed by atoms with Crippen LogP contribution in [0.1, 0.15) is 38.5 Å². The van der Waals surface area contributed by atoms with Gasteiger partial charge < -0.3 is 5.11 Å². The van der Waals surface area contributed by atoms with E-state index in [0.717, 1.165) is 19.3 Å². The maximum atomic E-state index is 11.2. The maximum Gasteiger partial charge on any atom is 0.303 e. The molecule has 3 nitrogen and oxygen atoms in total. The number of carboxylic acid groups (broad SMARTS) is 1. The van der Waals surface area contributed by atoms with E-state index < -0.39 is 5.97 Å². The zero-order valence-corrected chi connectivity index (χ0v) is 7.08. The largest absolute Gasteiger partial charge is 0.481 e. The van der Waals surface area contributed by atoms with Crippen molar-refractivity contribution in [1.29, 1.82) is 0 Å². The quantitative estimate of drug-likeness (QED) is 0.682. The van der Waals surface area contributed by atoms with Crippen LogP contribution in [0.25, 0.3) is 0 Å². The Morgan fingerprint density at radius 2 is 1.92 bits per heavy atom. The summed E-state index contributed by atoms with van der Waals surface area (Å²) in [5.74, 6) is -0.280. The zero-order valence-electron chi connectivity index (χ0n) is 7.08. The molecule has 1 N–H and O–H groups in total. The summed E-state index contributed by atoms with van der Waals surface area (Å²) in [4.78, 5) is 21.3. The minimum atomic E-state index is -0.809. The van der Waals surface area contributed by atoms with Crippen LogP contribution in [0.3, 0.4) is 0 Å². The Labute approximate surface area is 71.8 Å². The predicted molar refractivity (Wildman–Crippen MR) is 43.8 cm³/mol. The Bertz CT molecular complexity index is 182. The Morgan fingerprint density at radius 3 is 2.33 bits per heavy atom. The molecule has 68 valence electrons. The van der Waals surface area contributed by atoms with Gasteiger partial charge in [-0.3, -0.25) is 9.59 Å². The van der Waals surface area contributed by atoms with Gasteiger partial charge in [-0.2, -0.15) is 0 Å². The minimum absolute atomic E-state index is 0.123. The molecule has 3 heteroatoms. The van der Waals surface area contributed by atoms with Crippen molar-refractivity contribution < 1.29 is 14.7 Å². The van der Waals surface area contributed by atoms with E-state index in [1.807, 2.05) is 0 Å². The van der Waals surface area contributed by atoms with E-state index in [9.17, 15) is 9.59 Å². The lowest BCUT2D eigenvalue weighted by Crippen LogP contribution is -2.21. The van der Waals surface area contributed by atoms with Crippen LogP contribution in [0.5, 0.6) is 0 Å². The molecule has 1 fully saturated rings. The smallest absolute Gasteiger partial charge is 0.303 e. The summed E-state index contributed by atoms with van der Waals surface area (Å²) in [5, 5.41) is 8.32. The fraction of sp³-hybridized carbons (Fsp3) is 0.778. The van der Waals surface area contributed by atoms with Crippen molar-refractivity contribution in [2.24, 2.45) is 5.92 Å². The molecule has 0 aromatic heterocycles. The normalized spacial score (nSPS) is 17.0. The van der Waals surface area contributed by atoms with E-state index in [1.165, 1.54) is 0 Å². The monoisotopic (exact) mass is 170 g/mol.